The van der Waals surface area contributed by atoms with Gasteiger partial charge in [-0.3, -0.25) is 24.7 Å². The number of β-amino-alcohol motifs (C(OH)–C–C–N with tert-alkyl or cyclic N) is 1. The molecule has 4 amide bonds. The van der Waals surface area contributed by atoms with Gasteiger partial charge in [-0.2, -0.15) is 0 Å². The predicted molar refractivity (Wildman–Crippen MR) is 106 cm³/mol. The van der Waals surface area contributed by atoms with Crippen molar-refractivity contribution in [2.45, 2.75) is 31.5 Å². The molecule has 30 heavy (non-hydrogen) atoms. The van der Waals surface area contributed by atoms with Crippen molar-refractivity contribution >= 4 is 23.5 Å². The molecular formula is C19H26N6O5. The summed E-state index contributed by atoms with van der Waals surface area (Å²) in [6, 6.07) is 6.16. The fourth-order valence-electron chi connectivity index (χ4n) is 4.40. The molecule has 3 saturated heterocycles. The maximum atomic E-state index is 13.1. The number of likely N-dealkylation sites (N-methyl/N-ethyl adjacent to an activating group) is 1. The van der Waals surface area contributed by atoms with Crippen molar-refractivity contribution in [1.29, 1.82) is 0 Å². The summed E-state index contributed by atoms with van der Waals surface area (Å²) < 4.78 is 5.49. The van der Waals surface area contributed by atoms with E-state index in [9.17, 15) is 19.5 Å². The maximum Gasteiger partial charge on any atom is 0.328 e. The van der Waals surface area contributed by atoms with Gasteiger partial charge >= 0.3 is 6.03 Å². The Morgan fingerprint density at radius 1 is 1.27 bits per heavy atom. The third-order valence-electron chi connectivity index (χ3n) is 5.68. The summed E-state index contributed by atoms with van der Waals surface area (Å²) in [7, 11) is 1.57. The molecule has 11 nitrogen and oxygen atoms in total. The highest BCUT2D eigenvalue weighted by Crippen LogP contribution is 2.33. The van der Waals surface area contributed by atoms with E-state index in [1.165, 1.54) is 4.90 Å². The van der Waals surface area contributed by atoms with Crippen LogP contribution in [-0.4, -0.2) is 95.5 Å². The van der Waals surface area contributed by atoms with Gasteiger partial charge < -0.3 is 25.4 Å². The summed E-state index contributed by atoms with van der Waals surface area (Å²) in [5.74, 6) is -0.523. The fraction of sp³-hybridized carbons (Fsp3) is 0.526. The number of hydrogen-bond acceptors (Lipinski definition) is 8. The van der Waals surface area contributed by atoms with Gasteiger partial charge in [0.15, 0.2) is 0 Å². The molecule has 1 aromatic carbocycles. The minimum absolute atomic E-state index is 0.255. The molecule has 0 spiro atoms. The molecule has 3 heterocycles. The van der Waals surface area contributed by atoms with Crippen LogP contribution >= 0.6 is 0 Å². The van der Waals surface area contributed by atoms with E-state index < -0.39 is 49.0 Å². The monoisotopic (exact) mass is 418 g/mol. The van der Waals surface area contributed by atoms with E-state index in [-0.39, 0.29) is 6.54 Å². The van der Waals surface area contributed by atoms with Crippen LogP contribution in [0.1, 0.15) is 6.92 Å². The number of nitrogens with two attached hydrogens (primary N) is 1. The van der Waals surface area contributed by atoms with Crippen molar-refractivity contribution in [3.8, 4) is 5.75 Å². The second-order valence-electron chi connectivity index (χ2n) is 7.64. The summed E-state index contributed by atoms with van der Waals surface area (Å²) in [6.45, 7) is 2.61. The molecule has 4 atom stereocenters. The Balaban J connectivity index is 1.64. The van der Waals surface area contributed by atoms with Gasteiger partial charge in [0.25, 0.3) is 5.91 Å². The van der Waals surface area contributed by atoms with Crippen LogP contribution in [0.4, 0.5) is 10.5 Å². The van der Waals surface area contributed by atoms with E-state index in [4.69, 9.17) is 10.5 Å². The molecule has 4 unspecified atom stereocenters. The number of carbonyl (C=O) groups excluding carboxylic acids is 3. The molecule has 0 bridgehead atoms. The van der Waals surface area contributed by atoms with E-state index >= 15 is 0 Å². The number of primary amides is 1. The number of ether oxygens (including phenoxy) is 1. The number of urea groups is 1. The number of imide groups is 1. The standard InChI is InChI=1S/C19H26N6O5/c1-3-30-13-6-4-11(5-7-13)23-8-12(26)9-24-15-16(21-18(23)24)22(2)19(29)25(17(15)28)10-14(20)27/h4-7,12,15-16,18,21,26H,3,8-10H2,1-2H3,(H2,20,27). The molecule has 3 aliphatic heterocycles. The minimum atomic E-state index is -0.763. The smallest absolute Gasteiger partial charge is 0.328 e. The Hall–Kier alpha value is -2.89. The number of amides is 4. The number of rotatable bonds is 5. The number of benzene rings is 1. The highest BCUT2D eigenvalue weighted by atomic mass is 16.5. The van der Waals surface area contributed by atoms with Crippen LogP contribution in [0.15, 0.2) is 24.3 Å². The lowest BCUT2D eigenvalue weighted by molar-refractivity contribution is -0.141. The van der Waals surface area contributed by atoms with E-state index in [0.29, 0.717) is 13.2 Å². The summed E-state index contributed by atoms with van der Waals surface area (Å²) >= 11 is 0. The topological polar surface area (TPSA) is 132 Å². The molecule has 1 aromatic rings. The maximum absolute atomic E-state index is 13.1. The van der Waals surface area contributed by atoms with Crippen LogP contribution in [0.25, 0.3) is 0 Å². The average molecular weight is 418 g/mol. The molecular weight excluding hydrogens is 392 g/mol. The SMILES string of the molecule is CCOc1ccc(N2CC(O)CN3C4C(=O)N(CC(N)=O)C(=O)N(C)C4NC23)cc1. The van der Waals surface area contributed by atoms with Crippen LogP contribution < -0.4 is 20.7 Å². The number of nitrogens with one attached hydrogen (secondary N) is 1. The first kappa shape index (κ1) is 20.4. The van der Waals surface area contributed by atoms with Gasteiger partial charge in [0, 0.05) is 25.8 Å². The molecule has 4 N–H and O–H groups in total. The molecule has 162 valence electrons. The molecule has 3 aliphatic rings. The normalized spacial score (nSPS) is 29.1. The minimum Gasteiger partial charge on any atom is -0.494 e. The summed E-state index contributed by atoms with van der Waals surface area (Å²) in [4.78, 5) is 43.1. The quantitative estimate of drug-likeness (QED) is 0.528. The van der Waals surface area contributed by atoms with Crippen LogP contribution in [0.2, 0.25) is 0 Å². The van der Waals surface area contributed by atoms with Crippen LogP contribution in [0.5, 0.6) is 5.75 Å². The van der Waals surface area contributed by atoms with Gasteiger partial charge in [0.05, 0.1) is 12.7 Å². The van der Waals surface area contributed by atoms with Gasteiger partial charge in [-0.15, -0.1) is 0 Å². The summed E-state index contributed by atoms with van der Waals surface area (Å²) in [5.41, 5.74) is 6.07. The number of fused-ring (bicyclic) bond motifs is 3. The first-order chi connectivity index (χ1) is 14.3. The van der Waals surface area contributed by atoms with Crippen molar-refractivity contribution in [1.82, 2.24) is 20.0 Å². The average Bonchev–Trinajstić information content (AvgIpc) is 3.09. The first-order valence-electron chi connectivity index (χ1n) is 9.87. The zero-order chi connectivity index (χ0) is 21.6. The third-order valence-corrected chi connectivity index (χ3v) is 5.68. The van der Waals surface area contributed by atoms with Gasteiger partial charge in [0.1, 0.15) is 30.8 Å². The van der Waals surface area contributed by atoms with Gasteiger partial charge in [-0.1, -0.05) is 0 Å². The lowest BCUT2D eigenvalue weighted by Gasteiger charge is -2.45. The van der Waals surface area contributed by atoms with Gasteiger partial charge in [0.2, 0.25) is 5.91 Å². The Morgan fingerprint density at radius 2 is 1.97 bits per heavy atom. The number of hydrogen-bond donors (Lipinski definition) is 3. The highest BCUT2D eigenvalue weighted by molar-refractivity contribution is 6.03. The zero-order valence-electron chi connectivity index (χ0n) is 16.9. The molecule has 11 heteroatoms. The number of aliphatic hydroxyl groups excluding tert-OH is 1. The Morgan fingerprint density at radius 3 is 2.60 bits per heavy atom. The Labute approximate surface area is 173 Å². The highest BCUT2D eigenvalue weighted by Gasteiger charge is 2.57. The van der Waals surface area contributed by atoms with Crippen LogP contribution in [0, 0.1) is 0 Å². The number of carbonyl (C=O) groups is 3. The molecule has 0 aliphatic carbocycles. The fourth-order valence-corrected chi connectivity index (χ4v) is 4.40. The number of aliphatic hydroxyl groups is 1. The second-order valence-corrected chi connectivity index (χ2v) is 7.64. The second kappa shape index (κ2) is 7.74. The van der Waals surface area contributed by atoms with Crippen molar-refractivity contribution in [3.63, 3.8) is 0 Å². The Bertz CT molecular complexity index is 848. The molecule has 0 radical (unpaired) electrons. The van der Waals surface area contributed by atoms with E-state index in [1.54, 1.807) is 7.05 Å². The van der Waals surface area contributed by atoms with E-state index in [0.717, 1.165) is 16.3 Å². The molecule has 3 fully saturated rings. The third kappa shape index (κ3) is 3.34. The van der Waals surface area contributed by atoms with Crippen molar-refractivity contribution in [3.05, 3.63) is 24.3 Å². The molecule has 4 rings (SSSR count). The van der Waals surface area contributed by atoms with Gasteiger partial charge in [-0.05, 0) is 31.2 Å². The van der Waals surface area contributed by atoms with Gasteiger partial charge in [-0.25, -0.2) is 4.79 Å². The Kier molecular flexibility index (Phi) is 5.26. The van der Waals surface area contributed by atoms with Crippen LogP contribution in [-0.2, 0) is 9.59 Å². The summed E-state index contributed by atoms with van der Waals surface area (Å²) in [5, 5.41) is 13.9. The number of nitrogens with zero attached hydrogens (tertiary/aromatic N) is 4. The largest absolute Gasteiger partial charge is 0.494 e. The lowest BCUT2D eigenvalue weighted by Crippen LogP contribution is -2.67. The van der Waals surface area contributed by atoms with Crippen molar-refractivity contribution < 1.29 is 24.2 Å². The number of anilines is 1. The molecule has 0 aromatic heterocycles. The van der Waals surface area contributed by atoms with E-state index in [2.05, 4.69) is 5.32 Å². The first-order valence-corrected chi connectivity index (χ1v) is 9.87. The van der Waals surface area contributed by atoms with E-state index in [1.807, 2.05) is 41.0 Å². The molecule has 0 saturated carbocycles. The van der Waals surface area contributed by atoms with Crippen molar-refractivity contribution in [2.75, 3.05) is 38.2 Å². The van der Waals surface area contributed by atoms with Crippen LogP contribution in [0.3, 0.4) is 0 Å². The zero-order valence-corrected chi connectivity index (χ0v) is 16.9. The summed E-state index contributed by atoms with van der Waals surface area (Å²) in [6.07, 6.45) is -1.70. The lowest BCUT2D eigenvalue weighted by atomic mass is 10.1. The predicted octanol–water partition coefficient (Wildman–Crippen LogP) is -1.47. The van der Waals surface area contributed by atoms with Crippen molar-refractivity contribution in [2.24, 2.45) is 5.73 Å².